The minimum absolute atomic E-state index is 0.0221. The van der Waals surface area contributed by atoms with Crippen LogP contribution in [0.2, 0.25) is 0 Å². The number of nitrogens with two attached hydrogens (primary N) is 1. The second-order valence-corrected chi connectivity index (χ2v) is 5.82. The minimum Gasteiger partial charge on any atom is -0.324 e. The third-order valence-electron chi connectivity index (χ3n) is 4.38. The number of nitrogens with zero attached hydrogens (tertiary/aromatic N) is 2. The summed E-state index contributed by atoms with van der Waals surface area (Å²) in [6.45, 7) is 2.07. The monoisotopic (exact) mass is 295 g/mol. The van der Waals surface area contributed by atoms with Crippen LogP contribution in [0.25, 0.3) is 11.1 Å². The summed E-state index contributed by atoms with van der Waals surface area (Å²) < 4.78 is 0. The average molecular weight is 295 g/mol. The number of carbonyl (C=O) groups excluding carboxylic acids is 1. The van der Waals surface area contributed by atoms with Crippen LogP contribution < -0.4 is 10.6 Å². The van der Waals surface area contributed by atoms with Crippen LogP contribution in [0.3, 0.4) is 0 Å². The summed E-state index contributed by atoms with van der Waals surface area (Å²) in [6.07, 6.45) is 5.97. The van der Waals surface area contributed by atoms with E-state index >= 15 is 0 Å². The lowest BCUT2D eigenvalue weighted by atomic mass is 9.95. The van der Waals surface area contributed by atoms with E-state index in [-0.39, 0.29) is 11.9 Å². The Kier molecular flexibility index (Phi) is 3.94. The molecule has 0 saturated carbocycles. The lowest BCUT2D eigenvalue weighted by molar-refractivity contribution is -0.118. The van der Waals surface area contributed by atoms with Crippen molar-refractivity contribution in [3.05, 3.63) is 47.8 Å². The van der Waals surface area contributed by atoms with Crippen LogP contribution in [-0.4, -0.2) is 17.9 Å². The second-order valence-electron chi connectivity index (χ2n) is 5.82. The smallest absolute Gasteiger partial charge is 0.227 e. The van der Waals surface area contributed by atoms with E-state index in [1.165, 1.54) is 5.56 Å². The summed E-state index contributed by atoms with van der Waals surface area (Å²) in [4.78, 5) is 17.8. The molecular weight excluding hydrogens is 274 g/mol. The number of amides is 1. The van der Waals surface area contributed by atoms with Gasteiger partial charge in [-0.1, -0.05) is 13.0 Å². The molecule has 3 rings (SSSR count). The van der Waals surface area contributed by atoms with Gasteiger partial charge in [0.05, 0.1) is 0 Å². The Morgan fingerprint density at radius 1 is 1.23 bits per heavy atom. The molecule has 0 radical (unpaired) electrons. The predicted octanol–water partition coefficient (Wildman–Crippen LogP) is 3.07. The van der Waals surface area contributed by atoms with E-state index < -0.39 is 0 Å². The molecule has 1 aliphatic rings. The van der Waals surface area contributed by atoms with Gasteiger partial charge in [0.1, 0.15) is 0 Å². The molecule has 1 aliphatic heterocycles. The SMILES string of the molecule is CCC(N)c1cncc(-c2ccc3c(c2)CCC(=O)N3C)c1. The van der Waals surface area contributed by atoms with Crippen molar-refractivity contribution in [2.24, 2.45) is 5.73 Å². The molecule has 1 aromatic heterocycles. The van der Waals surface area contributed by atoms with Crippen molar-refractivity contribution in [2.45, 2.75) is 32.2 Å². The summed E-state index contributed by atoms with van der Waals surface area (Å²) in [5.41, 5.74) is 11.6. The quantitative estimate of drug-likeness (QED) is 0.946. The maximum Gasteiger partial charge on any atom is 0.227 e. The van der Waals surface area contributed by atoms with Crippen molar-refractivity contribution in [3.8, 4) is 11.1 Å². The van der Waals surface area contributed by atoms with Crippen LogP contribution in [-0.2, 0) is 11.2 Å². The first-order valence-electron chi connectivity index (χ1n) is 7.70. The van der Waals surface area contributed by atoms with Gasteiger partial charge in [-0.05, 0) is 47.7 Å². The van der Waals surface area contributed by atoms with Gasteiger partial charge in [0.2, 0.25) is 5.91 Å². The van der Waals surface area contributed by atoms with Gasteiger partial charge in [0.15, 0.2) is 0 Å². The number of aromatic nitrogens is 1. The van der Waals surface area contributed by atoms with Gasteiger partial charge in [-0.2, -0.15) is 0 Å². The van der Waals surface area contributed by atoms with E-state index in [0.717, 1.165) is 35.2 Å². The van der Waals surface area contributed by atoms with E-state index in [4.69, 9.17) is 5.73 Å². The van der Waals surface area contributed by atoms with Crippen LogP contribution in [0.1, 0.15) is 36.9 Å². The Morgan fingerprint density at radius 2 is 2.05 bits per heavy atom. The zero-order chi connectivity index (χ0) is 15.7. The Hall–Kier alpha value is -2.20. The van der Waals surface area contributed by atoms with Crippen molar-refractivity contribution in [3.63, 3.8) is 0 Å². The molecular formula is C18H21N3O. The van der Waals surface area contributed by atoms with Gasteiger partial charge >= 0.3 is 0 Å². The lowest BCUT2D eigenvalue weighted by Gasteiger charge is -2.26. The predicted molar refractivity (Wildman–Crippen MR) is 88.6 cm³/mol. The second kappa shape index (κ2) is 5.89. The molecule has 1 aromatic carbocycles. The number of fused-ring (bicyclic) bond motifs is 1. The maximum absolute atomic E-state index is 11.8. The Morgan fingerprint density at radius 3 is 2.82 bits per heavy atom. The standard InChI is InChI=1S/C18H21N3O/c1-3-16(19)15-9-14(10-20-11-15)12-4-6-17-13(8-12)5-7-18(22)21(17)2/h4,6,8-11,16H,3,5,7,19H2,1-2H3. The highest BCUT2D eigenvalue weighted by atomic mass is 16.2. The van der Waals surface area contributed by atoms with E-state index in [0.29, 0.717) is 6.42 Å². The molecule has 1 unspecified atom stereocenters. The van der Waals surface area contributed by atoms with Crippen molar-refractivity contribution >= 4 is 11.6 Å². The minimum atomic E-state index is 0.0221. The van der Waals surface area contributed by atoms with Crippen LogP contribution in [0.15, 0.2) is 36.7 Å². The largest absolute Gasteiger partial charge is 0.324 e. The number of hydrogen-bond donors (Lipinski definition) is 1. The van der Waals surface area contributed by atoms with E-state index in [2.05, 4.69) is 24.0 Å². The van der Waals surface area contributed by atoms with Crippen molar-refractivity contribution < 1.29 is 4.79 Å². The van der Waals surface area contributed by atoms with Crippen LogP contribution in [0, 0.1) is 0 Å². The van der Waals surface area contributed by atoms with E-state index in [1.54, 1.807) is 4.90 Å². The molecule has 4 heteroatoms. The summed E-state index contributed by atoms with van der Waals surface area (Å²) in [6, 6.07) is 8.37. The zero-order valence-corrected chi connectivity index (χ0v) is 13.0. The summed E-state index contributed by atoms with van der Waals surface area (Å²) in [5.74, 6) is 0.179. The Bertz CT molecular complexity index is 711. The number of rotatable bonds is 3. The van der Waals surface area contributed by atoms with Gasteiger partial charge in [0.25, 0.3) is 0 Å². The number of pyridine rings is 1. The molecule has 2 N–H and O–H groups in total. The van der Waals surface area contributed by atoms with E-state index in [9.17, 15) is 4.79 Å². The number of anilines is 1. The molecule has 1 atom stereocenters. The van der Waals surface area contributed by atoms with Crippen molar-refractivity contribution in [1.29, 1.82) is 0 Å². The molecule has 0 fully saturated rings. The van der Waals surface area contributed by atoms with Crippen LogP contribution in [0.4, 0.5) is 5.69 Å². The fraction of sp³-hybridized carbons (Fsp3) is 0.333. The molecule has 4 nitrogen and oxygen atoms in total. The Labute approximate surface area is 131 Å². The van der Waals surface area contributed by atoms with Gasteiger partial charge in [-0.3, -0.25) is 9.78 Å². The zero-order valence-electron chi connectivity index (χ0n) is 13.0. The molecule has 0 aliphatic carbocycles. The van der Waals surface area contributed by atoms with Gasteiger partial charge in [-0.25, -0.2) is 0 Å². The highest BCUT2D eigenvalue weighted by molar-refractivity contribution is 5.96. The number of benzene rings is 1. The van der Waals surface area contributed by atoms with Gasteiger partial charge in [-0.15, -0.1) is 0 Å². The summed E-state index contributed by atoms with van der Waals surface area (Å²) in [7, 11) is 1.84. The molecule has 1 amide bonds. The Balaban J connectivity index is 1.98. The van der Waals surface area contributed by atoms with E-state index in [1.807, 2.05) is 31.6 Å². The summed E-state index contributed by atoms with van der Waals surface area (Å²) >= 11 is 0. The molecule has 0 spiro atoms. The number of hydrogen-bond acceptors (Lipinski definition) is 3. The average Bonchev–Trinajstić information content (AvgIpc) is 2.57. The first-order valence-corrected chi connectivity index (χ1v) is 7.70. The number of carbonyl (C=O) groups is 1. The molecule has 114 valence electrons. The third-order valence-corrected chi connectivity index (χ3v) is 4.38. The first kappa shape index (κ1) is 14.7. The molecule has 2 heterocycles. The molecule has 0 bridgehead atoms. The normalized spacial score (nSPS) is 15.6. The lowest BCUT2D eigenvalue weighted by Crippen LogP contribution is -2.30. The van der Waals surface area contributed by atoms with Crippen LogP contribution >= 0.6 is 0 Å². The number of aryl methyl sites for hydroxylation is 1. The highest BCUT2D eigenvalue weighted by Crippen LogP contribution is 2.31. The van der Waals surface area contributed by atoms with Crippen molar-refractivity contribution in [2.75, 3.05) is 11.9 Å². The fourth-order valence-corrected chi connectivity index (χ4v) is 2.89. The van der Waals surface area contributed by atoms with Crippen LogP contribution in [0.5, 0.6) is 0 Å². The molecule has 0 saturated heterocycles. The first-order chi connectivity index (χ1) is 10.6. The summed E-state index contributed by atoms with van der Waals surface area (Å²) in [5, 5.41) is 0. The van der Waals surface area contributed by atoms with Gasteiger partial charge in [0, 0.05) is 43.2 Å². The highest BCUT2D eigenvalue weighted by Gasteiger charge is 2.21. The molecule has 2 aromatic rings. The third kappa shape index (κ3) is 2.62. The maximum atomic E-state index is 11.8. The van der Waals surface area contributed by atoms with Gasteiger partial charge < -0.3 is 10.6 Å². The van der Waals surface area contributed by atoms with Crippen molar-refractivity contribution in [1.82, 2.24) is 4.98 Å². The topological polar surface area (TPSA) is 59.2 Å². The fourth-order valence-electron chi connectivity index (χ4n) is 2.89. The molecule has 22 heavy (non-hydrogen) atoms.